The summed E-state index contributed by atoms with van der Waals surface area (Å²) in [5.74, 6) is 0.183. The Balaban J connectivity index is 1.62. The maximum absolute atomic E-state index is 13.4. The zero-order chi connectivity index (χ0) is 22.9. The number of nitrogens with zero attached hydrogens (tertiary/aromatic N) is 3. The van der Waals surface area contributed by atoms with Gasteiger partial charge in [0.1, 0.15) is 0 Å². The van der Waals surface area contributed by atoms with Crippen molar-refractivity contribution in [3.63, 3.8) is 0 Å². The minimum atomic E-state index is 0.0835. The summed E-state index contributed by atoms with van der Waals surface area (Å²) >= 11 is 0. The van der Waals surface area contributed by atoms with Gasteiger partial charge in [0.05, 0.1) is 0 Å². The van der Waals surface area contributed by atoms with Crippen molar-refractivity contribution in [2.24, 2.45) is 0 Å². The number of unbranched alkanes of at least 4 members (excludes halogenated alkanes) is 1. The van der Waals surface area contributed by atoms with Crippen LogP contribution in [0.4, 0.5) is 5.69 Å². The number of carbonyl (C=O) groups excluding carboxylic acids is 2. The maximum atomic E-state index is 13.4. The second-order valence-corrected chi connectivity index (χ2v) is 8.71. The molecule has 0 aliphatic carbocycles. The van der Waals surface area contributed by atoms with Gasteiger partial charge in [-0.25, -0.2) is 0 Å². The van der Waals surface area contributed by atoms with E-state index >= 15 is 0 Å². The average molecular weight is 436 g/mol. The Kier molecular flexibility index (Phi) is 8.72. The average Bonchev–Trinajstić information content (AvgIpc) is 2.85. The number of rotatable bonds is 9. The van der Waals surface area contributed by atoms with Gasteiger partial charge in [-0.1, -0.05) is 38.5 Å². The third-order valence-electron chi connectivity index (χ3n) is 6.34. The zero-order valence-electron chi connectivity index (χ0n) is 19.8. The molecule has 0 atom stereocenters. The molecule has 1 aliphatic rings. The van der Waals surface area contributed by atoms with Crippen molar-refractivity contribution in [1.82, 2.24) is 9.80 Å². The van der Waals surface area contributed by atoms with Crippen LogP contribution in [0.25, 0.3) is 0 Å². The van der Waals surface area contributed by atoms with Gasteiger partial charge in [0.15, 0.2) is 0 Å². The molecule has 2 aromatic rings. The van der Waals surface area contributed by atoms with Crippen LogP contribution in [0.2, 0.25) is 0 Å². The van der Waals surface area contributed by atoms with Crippen LogP contribution in [0.3, 0.4) is 0 Å². The van der Waals surface area contributed by atoms with Crippen molar-refractivity contribution < 1.29 is 9.59 Å². The summed E-state index contributed by atoms with van der Waals surface area (Å²) in [5, 5.41) is 0. The number of hydrogen-bond acceptors (Lipinski definition) is 3. The van der Waals surface area contributed by atoms with Crippen LogP contribution in [-0.2, 0) is 0 Å². The largest absolute Gasteiger partial charge is 0.375 e. The molecule has 0 spiro atoms. The minimum Gasteiger partial charge on any atom is -0.375 e. The van der Waals surface area contributed by atoms with Gasteiger partial charge in [0.2, 0.25) is 0 Å². The Morgan fingerprint density at radius 3 is 2.12 bits per heavy atom. The van der Waals surface area contributed by atoms with Crippen molar-refractivity contribution in [3.8, 4) is 0 Å². The molecule has 3 rings (SSSR count). The highest BCUT2D eigenvalue weighted by Gasteiger charge is 2.30. The Labute approximate surface area is 193 Å². The SMILES string of the molecule is CCCCN(C)c1ccc(C(=O)N(CCC)C2CCN(C(=O)c3ccccc3)CC2)cc1. The van der Waals surface area contributed by atoms with Crippen LogP contribution in [0, 0.1) is 0 Å². The molecule has 0 aromatic heterocycles. The van der Waals surface area contributed by atoms with E-state index in [4.69, 9.17) is 0 Å². The highest BCUT2D eigenvalue weighted by molar-refractivity contribution is 5.95. The predicted molar refractivity (Wildman–Crippen MR) is 131 cm³/mol. The Morgan fingerprint density at radius 1 is 0.875 bits per heavy atom. The lowest BCUT2D eigenvalue weighted by atomic mass is 10.0. The molecule has 2 amide bonds. The summed E-state index contributed by atoms with van der Waals surface area (Å²) in [7, 11) is 2.10. The number of benzene rings is 2. The number of likely N-dealkylation sites (tertiary alicyclic amines) is 1. The first-order valence-electron chi connectivity index (χ1n) is 12.0. The minimum absolute atomic E-state index is 0.0835. The van der Waals surface area contributed by atoms with Crippen molar-refractivity contribution in [1.29, 1.82) is 0 Å². The molecule has 1 saturated heterocycles. The van der Waals surface area contributed by atoms with Crippen molar-refractivity contribution >= 4 is 17.5 Å². The molecule has 0 radical (unpaired) electrons. The van der Waals surface area contributed by atoms with E-state index in [9.17, 15) is 9.59 Å². The third kappa shape index (κ3) is 5.90. The fraction of sp³-hybridized carbons (Fsp3) is 0.481. The van der Waals surface area contributed by atoms with E-state index in [1.807, 2.05) is 64.4 Å². The van der Waals surface area contributed by atoms with E-state index in [2.05, 4.69) is 25.8 Å². The quantitative estimate of drug-likeness (QED) is 0.552. The molecule has 5 nitrogen and oxygen atoms in total. The van der Waals surface area contributed by atoms with Crippen LogP contribution in [0.5, 0.6) is 0 Å². The maximum Gasteiger partial charge on any atom is 0.254 e. The first-order valence-corrected chi connectivity index (χ1v) is 12.0. The number of carbonyl (C=O) groups is 2. The Hall–Kier alpha value is -2.82. The van der Waals surface area contributed by atoms with E-state index in [1.165, 1.54) is 6.42 Å². The van der Waals surface area contributed by atoms with Crippen LogP contribution in [0.1, 0.15) is 66.7 Å². The van der Waals surface area contributed by atoms with Crippen LogP contribution in [-0.4, -0.2) is 60.9 Å². The normalized spacial score (nSPS) is 14.3. The summed E-state index contributed by atoms with van der Waals surface area (Å²) in [6, 6.07) is 17.6. The molecule has 172 valence electrons. The van der Waals surface area contributed by atoms with E-state index in [0.717, 1.165) is 55.6 Å². The molecule has 5 heteroatoms. The lowest BCUT2D eigenvalue weighted by Crippen LogP contribution is -2.49. The van der Waals surface area contributed by atoms with Gasteiger partial charge >= 0.3 is 0 Å². The van der Waals surface area contributed by atoms with Gasteiger partial charge in [-0.15, -0.1) is 0 Å². The van der Waals surface area contributed by atoms with E-state index < -0.39 is 0 Å². The van der Waals surface area contributed by atoms with Crippen LogP contribution >= 0.6 is 0 Å². The first-order chi connectivity index (χ1) is 15.5. The molecule has 0 bridgehead atoms. The molecule has 1 aliphatic heterocycles. The predicted octanol–water partition coefficient (Wildman–Crippen LogP) is 5.08. The van der Waals surface area contributed by atoms with Crippen molar-refractivity contribution in [2.45, 2.75) is 52.0 Å². The molecule has 0 unspecified atom stereocenters. The fourth-order valence-electron chi connectivity index (χ4n) is 4.38. The standard InChI is InChI=1S/C27H37N3O2/c1-4-6-19-28(3)24-14-12-23(13-15-24)27(32)30(18-5-2)25-16-20-29(21-17-25)26(31)22-10-8-7-9-11-22/h7-15,25H,4-6,16-21H2,1-3H3. The topological polar surface area (TPSA) is 43.9 Å². The van der Waals surface area contributed by atoms with Crippen LogP contribution < -0.4 is 4.90 Å². The third-order valence-corrected chi connectivity index (χ3v) is 6.34. The van der Waals surface area contributed by atoms with Gasteiger partial charge in [0.25, 0.3) is 11.8 Å². The molecule has 0 N–H and O–H groups in total. The first kappa shape index (κ1) is 23.8. The second-order valence-electron chi connectivity index (χ2n) is 8.71. The molecular weight excluding hydrogens is 398 g/mol. The van der Waals surface area contributed by atoms with Crippen molar-refractivity contribution in [3.05, 3.63) is 65.7 Å². The van der Waals surface area contributed by atoms with E-state index in [1.54, 1.807) is 0 Å². The number of piperidine rings is 1. The lowest BCUT2D eigenvalue weighted by Gasteiger charge is -2.38. The Morgan fingerprint density at radius 2 is 1.53 bits per heavy atom. The molecular formula is C27H37N3O2. The highest BCUT2D eigenvalue weighted by atomic mass is 16.2. The monoisotopic (exact) mass is 435 g/mol. The molecule has 0 saturated carbocycles. The zero-order valence-corrected chi connectivity index (χ0v) is 19.8. The lowest BCUT2D eigenvalue weighted by molar-refractivity contribution is 0.0519. The Bertz CT molecular complexity index is 858. The molecule has 32 heavy (non-hydrogen) atoms. The van der Waals surface area contributed by atoms with E-state index in [-0.39, 0.29) is 17.9 Å². The van der Waals surface area contributed by atoms with Gasteiger partial charge < -0.3 is 14.7 Å². The molecule has 2 aromatic carbocycles. The van der Waals surface area contributed by atoms with Crippen molar-refractivity contribution in [2.75, 3.05) is 38.1 Å². The molecule has 1 fully saturated rings. The summed E-state index contributed by atoms with van der Waals surface area (Å²) in [5.41, 5.74) is 2.62. The smallest absolute Gasteiger partial charge is 0.254 e. The van der Waals surface area contributed by atoms with Crippen LogP contribution in [0.15, 0.2) is 54.6 Å². The number of amides is 2. The molecule has 1 heterocycles. The van der Waals surface area contributed by atoms with Gasteiger partial charge in [-0.05, 0) is 62.1 Å². The highest BCUT2D eigenvalue weighted by Crippen LogP contribution is 2.22. The summed E-state index contributed by atoms with van der Waals surface area (Å²) in [6.45, 7) is 7.44. The fourth-order valence-corrected chi connectivity index (χ4v) is 4.38. The van der Waals surface area contributed by atoms with Gasteiger partial charge in [-0.2, -0.15) is 0 Å². The number of hydrogen-bond donors (Lipinski definition) is 0. The number of anilines is 1. The summed E-state index contributed by atoms with van der Waals surface area (Å²) in [6.07, 6.45) is 4.90. The second kappa shape index (κ2) is 11.7. The van der Waals surface area contributed by atoms with Gasteiger partial charge in [0, 0.05) is 56.1 Å². The van der Waals surface area contributed by atoms with Gasteiger partial charge in [-0.3, -0.25) is 9.59 Å². The summed E-state index contributed by atoms with van der Waals surface area (Å²) in [4.78, 5) is 32.3. The summed E-state index contributed by atoms with van der Waals surface area (Å²) < 4.78 is 0. The van der Waals surface area contributed by atoms with E-state index in [0.29, 0.717) is 13.1 Å².